The van der Waals surface area contributed by atoms with Crippen LogP contribution in [0.4, 0.5) is 10.5 Å². The van der Waals surface area contributed by atoms with Gasteiger partial charge in [0.05, 0.1) is 23.2 Å². The Morgan fingerprint density at radius 3 is 2.36 bits per heavy atom. The Morgan fingerprint density at radius 1 is 1.18 bits per heavy atom. The number of benzene rings is 2. The summed E-state index contributed by atoms with van der Waals surface area (Å²) < 4.78 is 32.9. The summed E-state index contributed by atoms with van der Waals surface area (Å²) in [6.07, 6.45) is -0.691. The Kier molecular flexibility index (Phi) is 7.54. The van der Waals surface area contributed by atoms with Gasteiger partial charge in [0.2, 0.25) is 0 Å². The summed E-state index contributed by atoms with van der Waals surface area (Å²) in [6.45, 7) is 0.963. The number of aliphatic hydroxyl groups is 1. The monoisotopic (exact) mass is 446 g/mol. The summed E-state index contributed by atoms with van der Waals surface area (Å²) in [5.74, 6) is 0. The Morgan fingerprint density at radius 2 is 1.79 bits per heavy atom. The fraction of sp³-hybridized carbons (Fsp3) is 0.278. The topological polar surface area (TPSA) is 95.9 Å². The van der Waals surface area contributed by atoms with E-state index in [9.17, 15) is 18.3 Å². The Bertz CT molecular complexity index is 935. The van der Waals surface area contributed by atoms with Crippen LogP contribution >= 0.6 is 23.2 Å². The van der Waals surface area contributed by atoms with Crippen LogP contribution in [0.25, 0.3) is 0 Å². The van der Waals surface area contributed by atoms with Gasteiger partial charge in [0.1, 0.15) is 6.61 Å². The van der Waals surface area contributed by atoms with Gasteiger partial charge < -0.3 is 15.2 Å². The predicted octanol–water partition coefficient (Wildman–Crippen LogP) is 3.43. The average Bonchev–Trinajstić information content (AvgIpc) is 2.66. The zero-order chi connectivity index (χ0) is 20.9. The molecule has 7 nitrogen and oxygen atoms in total. The van der Waals surface area contributed by atoms with E-state index in [4.69, 9.17) is 27.9 Å². The molecule has 0 saturated heterocycles. The van der Waals surface area contributed by atoms with Crippen LogP contribution in [0.2, 0.25) is 10.0 Å². The van der Waals surface area contributed by atoms with Crippen molar-refractivity contribution in [2.24, 2.45) is 0 Å². The molecule has 0 bridgehead atoms. The first-order chi connectivity index (χ1) is 13.2. The van der Waals surface area contributed by atoms with Crippen LogP contribution in [-0.4, -0.2) is 39.3 Å². The van der Waals surface area contributed by atoms with Crippen molar-refractivity contribution in [2.45, 2.75) is 24.5 Å². The van der Waals surface area contributed by atoms with Gasteiger partial charge in [0, 0.05) is 22.7 Å². The van der Waals surface area contributed by atoms with Crippen molar-refractivity contribution in [3.8, 4) is 0 Å². The molecule has 2 aromatic rings. The van der Waals surface area contributed by atoms with E-state index in [1.807, 2.05) is 0 Å². The number of hydrogen-bond donors (Lipinski definition) is 2. The van der Waals surface area contributed by atoms with Gasteiger partial charge >= 0.3 is 6.09 Å². The lowest BCUT2D eigenvalue weighted by molar-refractivity contribution is 0.143. The lowest BCUT2D eigenvalue weighted by atomic mass is 10.1. The first-order valence-electron chi connectivity index (χ1n) is 8.24. The number of halogens is 2. The van der Waals surface area contributed by atoms with Gasteiger partial charge in [-0.15, -0.1) is 0 Å². The first-order valence-corrected chi connectivity index (χ1v) is 10.4. The number of nitrogens with zero attached hydrogens (tertiary/aromatic N) is 1. The van der Waals surface area contributed by atoms with E-state index in [1.165, 1.54) is 43.4 Å². The number of carbonyl (C=O) groups excluding carboxylic acids is 1. The first kappa shape index (κ1) is 22.3. The van der Waals surface area contributed by atoms with E-state index in [0.717, 1.165) is 4.31 Å². The van der Waals surface area contributed by atoms with E-state index in [-0.39, 0.29) is 17.2 Å². The number of nitrogens with one attached hydrogen (secondary N) is 1. The third-order valence-corrected chi connectivity index (χ3v) is 6.32. The molecule has 1 atom stereocenters. The summed E-state index contributed by atoms with van der Waals surface area (Å²) in [4.78, 5) is 11.4. The van der Waals surface area contributed by atoms with Crippen LogP contribution in [0.1, 0.15) is 12.5 Å². The van der Waals surface area contributed by atoms with Gasteiger partial charge in [-0.2, -0.15) is 0 Å². The van der Waals surface area contributed by atoms with Crippen molar-refractivity contribution < 1.29 is 23.1 Å². The van der Waals surface area contributed by atoms with Gasteiger partial charge in [-0.1, -0.05) is 29.3 Å². The van der Waals surface area contributed by atoms with E-state index in [0.29, 0.717) is 15.6 Å². The lowest BCUT2D eigenvalue weighted by Crippen LogP contribution is -2.43. The van der Waals surface area contributed by atoms with Crippen LogP contribution in [0.5, 0.6) is 0 Å². The van der Waals surface area contributed by atoms with Crippen LogP contribution in [0.15, 0.2) is 47.4 Å². The number of anilines is 1. The second-order valence-corrected chi connectivity index (χ2v) is 8.57. The highest BCUT2D eigenvalue weighted by atomic mass is 35.5. The molecule has 0 aliphatic carbocycles. The van der Waals surface area contributed by atoms with Crippen molar-refractivity contribution in [3.63, 3.8) is 0 Å². The maximum absolute atomic E-state index is 13.4. The smallest absolute Gasteiger partial charge is 0.406 e. The molecule has 0 saturated carbocycles. The molecular weight excluding hydrogens is 427 g/mol. The van der Waals surface area contributed by atoms with Crippen molar-refractivity contribution in [2.75, 3.05) is 18.0 Å². The van der Waals surface area contributed by atoms with Crippen molar-refractivity contribution in [3.05, 3.63) is 58.1 Å². The second-order valence-electron chi connectivity index (χ2n) is 5.88. The van der Waals surface area contributed by atoms with Crippen molar-refractivity contribution in [1.29, 1.82) is 0 Å². The van der Waals surface area contributed by atoms with Crippen LogP contribution in [-0.2, 0) is 21.4 Å². The highest BCUT2D eigenvalue weighted by Gasteiger charge is 2.32. The quantitative estimate of drug-likeness (QED) is 0.678. The minimum atomic E-state index is -4.08. The summed E-state index contributed by atoms with van der Waals surface area (Å²) in [5, 5.41) is 12.7. The fourth-order valence-electron chi connectivity index (χ4n) is 2.54. The number of aliphatic hydroxyl groups excluding tert-OH is 1. The SMILES string of the molecule is CNC(=O)OC[C@@H](C)N(c1cc(Cl)ccc1CO)S(=O)(=O)c1ccc(Cl)cc1. The van der Waals surface area contributed by atoms with Gasteiger partial charge in [-0.3, -0.25) is 4.31 Å². The molecule has 0 heterocycles. The number of alkyl carbamates (subject to hydrolysis) is 1. The molecule has 0 unspecified atom stereocenters. The third kappa shape index (κ3) is 5.08. The largest absolute Gasteiger partial charge is 0.447 e. The summed E-state index contributed by atoms with van der Waals surface area (Å²) in [7, 11) is -2.68. The molecule has 2 aromatic carbocycles. The van der Waals surface area contributed by atoms with Crippen LogP contribution < -0.4 is 9.62 Å². The molecule has 10 heteroatoms. The minimum Gasteiger partial charge on any atom is -0.447 e. The summed E-state index contributed by atoms with van der Waals surface area (Å²) in [5.41, 5.74) is 0.548. The molecule has 28 heavy (non-hydrogen) atoms. The molecule has 152 valence electrons. The molecule has 0 aromatic heterocycles. The number of hydrogen-bond acceptors (Lipinski definition) is 5. The molecule has 0 fully saturated rings. The number of amides is 1. The van der Waals surface area contributed by atoms with Crippen molar-refractivity contribution in [1.82, 2.24) is 5.32 Å². The second kappa shape index (κ2) is 9.47. The van der Waals surface area contributed by atoms with E-state index >= 15 is 0 Å². The van der Waals surface area contributed by atoms with Crippen molar-refractivity contribution >= 4 is 45.0 Å². The van der Waals surface area contributed by atoms with Gasteiger partial charge in [0.15, 0.2) is 0 Å². The Hall–Kier alpha value is -2.00. The molecule has 2 rings (SSSR count). The van der Waals surface area contributed by atoms with Crippen LogP contribution in [0, 0.1) is 0 Å². The summed E-state index contributed by atoms with van der Waals surface area (Å²) in [6, 6.07) is 9.41. The van der Waals surface area contributed by atoms with Gasteiger partial charge in [0.25, 0.3) is 10.0 Å². The number of carbonyl (C=O) groups is 1. The lowest BCUT2D eigenvalue weighted by Gasteiger charge is -2.31. The van der Waals surface area contributed by atoms with Gasteiger partial charge in [-0.05, 0) is 43.3 Å². The zero-order valence-electron chi connectivity index (χ0n) is 15.2. The molecule has 0 aliphatic rings. The normalized spacial score (nSPS) is 12.3. The van der Waals surface area contributed by atoms with E-state index in [2.05, 4.69) is 5.32 Å². The standard InChI is InChI=1S/C18H20Cl2N2O5S/c1-12(11-27-18(24)21-2)22(17-9-15(20)4-3-13(17)10-23)28(25,26)16-7-5-14(19)6-8-16/h3-9,12,23H,10-11H2,1-2H3,(H,21,24)/t12-/m1/s1. The molecule has 0 aliphatic heterocycles. The molecular formula is C18H20Cl2N2O5S. The summed E-state index contributed by atoms with van der Waals surface area (Å²) >= 11 is 11.9. The molecule has 1 amide bonds. The van der Waals surface area contributed by atoms with Crippen LogP contribution in [0.3, 0.4) is 0 Å². The Balaban J connectivity index is 2.57. The third-order valence-electron chi connectivity index (χ3n) is 3.89. The zero-order valence-corrected chi connectivity index (χ0v) is 17.6. The molecule has 2 N–H and O–H groups in total. The fourth-order valence-corrected chi connectivity index (χ4v) is 4.50. The van der Waals surface area contributed by atoms with E-state index in [1.54, 1.807) is 13.0 Å². The molecule has 0 radical (unpaired) electrons. The molecule has 0 spiro atoms. The number of sulfonamides is 1. The van der Waals surface area contributed by atoms with E-state index < -0.39 is 28.8 Å². The predicted molar refractivity (Wildman–Crippen MR) is 108 cm³/mol. The maximum atomic E-state index is 13.4. The number of rotatable bonds is 7. The average molecular weight is 447 g/mol. The van der Waals surface area contributed by atoms with Gasteiger partial charge in [-0.25, -0.2) is 13.2 Å². The Labute approximate surface area is 173 Å². The maximum Gasteiger partial charge on any atom is 0.406 e. The number of ether oxygens (including phenoxy) is 1. The highest BCUT2D eigenvalue weighted by molar-refractivity contribution is 7.92. The minimum absolute atomic E-state index is 0.00689. The highest BCUT2D eigenvalue weighted by Crippen LogP contribution is 2.32.